The first-order valence-electron chi connectivity index (χ1n) is 6.13. The molecule has 1 saturated heterocycles. The Morgan fingerprint density at radius 3 is 2.65 bits per heavy atom. The van der Waals surface area contributed by atoms with Crippen LogP contribution in [-0.2, 0) is 15.7 Å². The summed E-state index contributed by atoms with van der Waals surface area (Å²) >= 11 is 0. The molecule has 1 aliphatic rings. The second kappa shape index (κ2) is 4.38. The molecule has 0 aromatic carbocycles. The van der Waals surface area contributed by atoms with Gasteiger partial charge in [0.25, 0.3) is 0 Å². The Morgan fingerprint density at radius 2 is 2.00 bits per heavy atom. The van der Waals surface area contributed by atoms with E-state index in [1.165, 1.54) is 0 Å². The molecule has 5 nitrogen and oxygen atoms in total. The van der Waals surface area contributed by atoms with Crippen LogP contribution in [0.1, 0.15) is 51.7 Å². The van der Waals surface area contributed by atoms with Crippen molar-refractivity contribution in [1.82, 2.24) is 10.1 Å². The van der Waals surface area contributed by atoms with Crippen molar-refractivity contribution >= 4 is 0 Å². The number of nitrogens with zero attached hydrogens (tertiary/aromatic N) is 2. The zero-order valence-corrected chi connectivity index (χ0v) is 10.8. The molecule has 1 unspecified atom stereocenters. The van der Waals surface area contributed by atoms with Crippen molar-refractivity contribution < 1.29 is 9.26 Å². The van der Waals surface area contributed by atoms with Crippen molar-refractivity contribution in [1.29, 1.82) is 0 Å². The van der Waals surface area contributed by atoms with Gasteiger partial charge in [-0.25, -0.2) is 0 Å². The number of hydrogen-bond donors (Lipinski definition) is 1. The van der Waals surface area contributed by atoms with E-state index < -0.39 is 5.54 Å². The minimum atomic E-state index is -0.497. The van der Waals surface area contributed by atoms with E-state index in [2.05, 4.69) is 10.1 Å². The average Bonchev–Trinajstić information content (AvgIpc) is 2.64. The molecule has 0 bridgehead atoms. The van der Waals surface area contributed by atoms with Gasteiger partial charge in [0.05, 0.1) is 5.54 Å². The number of rotatable bonds is 1. The van der Waals surface area contributed by atoms with Crippen molar-refractivity contribution in [2.45, 2.75) is 51.0 Å². The number of nitrogens with two attached hydrogens (primary N) is 1. The summed E-state index contributed by atoms with van der Waals surface area (Å²) in [5.74, 6) is 1.26. The van der Waals surface area contributed by atoms with Gasteiger partial charge in [0.1, 0.15) is 0 Å². The Balaban J connectivity index is 2.23. The number of hydrogen-bond acceptors (Lipinski definition) is 5. The topological polar surface area (TPSA) is 74.2 Å². The summed E-state index contributed by atoms with van der Waals surface area (Å²) in [7, 11) is 0. The average molecular weight is 239 g/mol. The van der Waals surface area contributed by atoms with Gasteiger partial charge in [0.2, 0.25) is 5.89 Å². The minimum Gasteiger partial charge on any atom is -0.381 e. The molecule has 0 radical (unpaired) electrons. The van der Waals surface area contributed by atoms with Crippen LogP contribution < -0.4 is 5.73 Å². The molecular formula is C12H21N3O2. The van der Waals surface area contributed by atoms with Crippen molar-refractivity contribution in [2.75, 3.05) is 13.2 Å². The molecule has 1 aromatic heterocycles. The molecule has 1 aromatic rings. The third kappa shape index (κ3) is 2.66. The Labute approximate surface area is 102 Å². The summed E-state index contributed by atoms with van der Waals surface area (Å²) in [4.78, 5) is 4.46. The minimum absolute atomic E-state index is 0.136. The molecule has 0 amide bonds. The third-order valence-corrected chi connectivity index (χ3v) is 3.12. The summed E-state index contributed by atoms with van der Waals surface area (Å²) in [5, 5.41) is 4.05. The van der Waals surface area contributed by atoms with E-state index in [0.29, 0.717) is 18.3 Å². The lowest BCUT2D eigenvalue weighted by atomic mass is 9.91. The van der Waals surface area contributed by atoms with Gasteiger partial charge in [-0.05, 0) is 19.3 Å². The van der Waals surface area contributed by atoms with Crippen LogP contribution in [-0.4, -0.2) is 23.4 Å². The van der Waals surface area contributed by atoms with Gasteiger partial charge in [-0.3, -0.25) is 0 Å². The van der Waals surface area contributed by atoms with Crippen LogP contribution in [0.2, 0.25) is 0 Å². The predicted molar refractivity (Wildman–Crippen MR) is 63.5 cm³/mol. The second-order valence-corrected chi connectivity index (χ2v) is 5.80. The first-order chi connectivity index (χ1) is 7.92. The highest BCUT2D eigenvalue weighted by atomic mass is 16.5. The fraction of sp³-hybridized carbons (Fsp3) is 0.833. The maximum Gasteiger partial charge on any atom is 0.232 e. The summed E-state index contributed by atoms with van der Waals surface area (Å²) in [6.07, 6.45) is 2.53. The van der Waals surface area contributed by atoms with Crippen LogP contribution in [0.15, 0.2) is 4.52 Å². The van der Waals surface area contributed by atoms with E-state index in [-0.39, 0.29) is 5.41 Å². The summed E-state index contributed by atoms with van der Waals surface area (Å²) < 4.78 is 10.7. The van der Waals surface area contributed by atoms with Crippen LogP contribution in [0.3, 0.4) is 0 Å². The van der Waals surface area contributed by atoms with E-state index in [1.54, 1.807) is 0 Å². The normalized spacial score (nSPS) is 26.8. The van der Waals surface area contributed by atoms with E-state index in [0.717, 1.165) is 25.9 Å². The second-order valence-electron chi connectivity index (χ2n) is 5.80. The Hall–Kier alpha value is -0.940. The molecule has 17 heavy (non-hydrogen) atoms. The fourth-order valence-corrected chi connectivity index (χ4v) is 1.92. The van der Waals surface area contributed by atoms with Gasteiger partial charge < -0.3 is 15.0 Å². The molecule has 2 rings (SSSR count). The van der Waals surface area contributed by atoms with Crippen LogP contribution in [0.25, 0.3) is 0 Å². The molecular weight excluding hydrogens is 218 g/mol. The Kier molecular flexibility index (Phi) is 3.23. The fourth-order valence-electron chi connectivity index (χ4n) is 1.92. The monoisotopic (exact) mass is 239 g/mol. The van der Waals surface area contributed by atoms with Crippen molar-refractivity contribution in [3.8, 4) is 0 Å². The lowest BCUT2D eigenvalue weighted by Gasteiger charge is -2.22. The van der Waals surface area contributed by atoms with Crippen molar-refractivity contribution in [3.63, 3.8) is 0 Å². The van der Waals surface area contributed by atoms with Gasteiger partial charge in [-0.2, -0.15) is 4.98 Å². The highest BCUT2D eigenvalue weighted by molar-refractivity contribution is 5.07. The van der Waals surface area contributed by atoms with Gasteiger partial charge in [-0.15, -0.1) is 0 Å². The van der Waals surface area contributed by atoms with Gasteiger partial charge in [-0.1, -0.05) is 25.9 Å². The summed E-state index contributed by atoms with van der Waals surface area (Å²) in [5.41, 5.74) is 5.74. The van der Waals surface area contributed by atoms with E-state index in [9.17, 15) is 0 Å². The molecule has 1 atom stereocenters. The zero-order chi connectivity index (χ0) is 12.5. The van der Waals surface area contributed by atoms with Crippen LogP contribution in [0, 0.1) is 0 Å². The standard InChI is InChI=1S/C12H21N3O2/c1-11(2,3)10-14-9(15-17-10)12(13)5-4-7-16-8-6-12/h4-8,13H2,1-3H3. The first-order valence-corrected chi connectivity index (χ1v) is 6.13. The SMILES string of the molecule is CC(C)(C)c1nc(C2(N)CCCOCC2)no1. The zero-order valence-electron chi connectivity index (χ0n) is 10.8. The molecule has 0 saturated carbocycles. The molecule has 96 valence electrons. The summed E-state index contributed by atoms with van der Waals surface area (Å²) in [6.45, 7) is 7.57. The lowest BCUT2D eigenvalue weighted by molar-refractivity contribution is 0.139. The van der Waals surface area contributed by atoms with Crippen LogP contribution in [0.5, 0.6) is 0 Å². The van der Waals surface area contributed by atoms with Crippen molar-refractivity contribution in [3.05, 3.63) is 11.7 Å². The van der Waals surface area contributed by atoms with Gasteiger partial charge >= 0.3 is 0 Å². The Morgan fingerprint density at radius 1 is 1.24 bits per heavy atom. The number of aromatic nitrogens is 2. The third-order valence-electron chi connectivity index (χ3n) is 3.12. The number of ether oxygens (including phenoxy) is 1. The van der Waals surface area contributed by atoms with Crippen LogP contribution in [0.4, 0.5) is 0 Å². The lowest BCUT2D eigenvalue weighted by Crippen LogP contribution is -2.38. The van der Waals surface area contributed by atoms with Gasteiger partial charge in [0, 0.05) is 18.6 Å². The highest BCUT2D eigenvalue weighted by Crippen LogP contribution is 2.29. The molecule has 1 fully saturated rings. The van der Waals surface area contributed by atoms with Crippen molar-refractivity contribution in [2.24, 2.45) is 5.73 Å². The smallest absolute Gasteiger partial charge is 0.232 e. The maximum atomic E-state index is 6.37. The maximum absolute atomic E-state index is 6.37. The highest BCUT2D eigenvalue weighted by Gasteiger charge is 2.35. The van der Waals surface area contributed by atoms with Gasteiger partial charge in [0.15, 0.2) is 5.82 Å². The van der Waals surface area contributed by atoms with E-state index in [1.807, 2.05) is 20.8 Å². The van der Waals surface area contributed by atoms with E-state index >= 15 is 0 Å². The molecule has 2 N–H and O–H groups in total. The Bertz CT molecular complexity index is 373. The molecule has 1 aliphatic heterocycles. The predicted octanol–water partition coefficient (Wildman–Crippen LogP) is 1.72. The molecule has 5 heteroatoms. The van der Waals surface area contributed by atoms with E-state index in [4.69, 9.17) is 15.0 Å². The first kappa shape index (κ1) is 12.5. The largest absolute Gasteiger partial charge is 0.381 e. The molecule has 0 aliphatic carbocycles. The quantitative estimate of drug-likeness (QED) is 0.807. The summed E-state index contributed by atoms with van der Waals surface area (Å²) in [6, 6.07) is 0. The molecule has 0 spiro atoms. The molecule has 2 heterocycles. The van der Waals surface area contributed by atoms with Crippen LogP contribution >= 0.6 is 0 Å².